The first-order valence-corrected chi connectivity index (χ1v) is 9.54. The lowest BCUT2D eigenvalue weighted by Gasteiger charge is -2.22. The van der Waals surface area contributed by atoms with Crippen molar-refractivity contribution in [1.29, 1.82) is 0 Å². The third kappa shape index (κ3) is 4.62. The SMILES string of the molecule is CC(C)CCC(CCN1Cc2ccccc2C1)c1ccc(Cl)cc1. The van der Waals surface area contributed by atoms with Crippen LogP contribution in [0.25, 0.3) is 0 Å². The molecule has 0 aliphatic carbocycles. The summed E-state index contributed by atoms with van der Waals surface area (Å²) in [7, 11) is 0. The summed E-state index contributed by atoms with van der Waals surface area (Å²) in [4.78, 5) is 2.59. The average Bonchev–Trinajstić information content (AvgIpc) is 2.98. The predicted octanol–water partition coefficient (Wildman–Crippen LogP) is 6.27. The molecule has 1 aliphatic heterocycles. The minimum Gasteiger partial charge on any atom is -0.295 e. The Labute approximate surface area is 151 Å². The van der Waals surface area contributed by atoms with Crippen LogP contribution in [0, 0.1) is 5.92 Å². The second kappa shape index (κ2) is 8.18. The first-order valence-electron chi connectivity index (χ1n) is 9.16. The summed E-state index contributed by atoms with van der Waals surface area (Å²) in [5, 5.41) is 0.830. The van der Waals surface area contributed by atoms with Crippen molar-refractivity contribution in [2.75, 3.05) is 6.54 Å². The number of benzene rings is 2. The van der Waals surface area contributed by atoms with Crippen molar-refractivity contribution in [2.45, 2.75) is 52.1 Å². The molecule has 3 rings (SSSR count). The molecule has 0 fully saturated rings. The minimum atomic E-state index is 0.633. The van der Waals surface area contributed by atoms with E-state index in [1.165, 1.54) is 42.5 Å². The van der Waals surface area contributed by atoms with Crippen LogP contribution in [0.15, 0.2) is 48.5 Å². The molecule has 1 heterocycles. The molecule has 2 aromatic carbocycles. The van der Waals surface area contributed by atoms with E-state index in [0.717, 1.165) is 24.0 Å². The Balaban J connectivity index is 1.61. The highest BCUT2D eigenvalue weighted by Gasteiger charge is 2.20. The molecule has 0 N–H and O–H groups in total. The van der Waals surface area contributed by atoms with Crippen LogP contribution in [-0.2, 0) is 13.1 Å². The maximum absolute atomic E-state index is 6.07. The van der Waals surface area contributed by atoms with Gasteiger partial charge in [-0.1, -0.05) is 68.3 Å². The van der Waals surface area contributed by atoms with Crippen LogP contribution in [0.2, 0.25) is 5.02 Å². The van der Waals surface area contributed by atoms with Crippen LogP contribution in [0.5, 0.6) is 0 Å². The fourth-order valence-corrected chi connectivity index (χ4v) is 3.77. The monoisotopic (exact) mass is 341 g/mol. The Morgan fingerprint density at radius 3 is 2.08 bits per heavy atom. The topological polar surface area (TPSA) is 3.24 Å². The fraction of sp³-hybridized carbons (Fsp3) is 0.455. The van der Waals surface area contributed by atoms with Gasteiger partial charge in [-0.05, 0) is 60.0 Å². The van der Waals surface area contributed by atoms with Crippen LogP contribution >= 0.6 is 11.6 Å². The molecule has 1 unspecified atom stereocenters. The van der Waals surface area contributed by atoms with E-state index < -0.39 is 0 Å². The molecule has 1 atom stereocenters. The molecular weight excluding hydrogens is 314 g/mol. The highest BCUT2D eigenvalue weighted by Crippen LogP contribution is 2.30. The van der Waals surface area contributed by atoms with E-state index in [9.17, 15) is 0 Å². The standard InChI is InChI=1S/C22H28ClN/c1-17(2)7-8-19(18-9-11-22(23)12-10-18)13-14-24-15-20-5-3-4-6-21(20)16-24/h3-6,9-12,17,19H,7-8,13-16H2,1-2H3. The average molecular weight is 342 g/mol. The highest BCUT2D eigenvalue weighted by atomic mass is 35.5. The van der Waals surface area contributed by atoms with Gasteiger partial charge in [-0.25, -0.2) is 0 Å². The summed E-state index contributed by atoms with van der Waals surface area (Å²) in [6.07, 6.45) is 3.77. The van der Waals surface area contributed by atoms with Gasteiger partial charge in [0.15, 0.2) is 0 Å². The molecule has 0 amide bonds. The quantitative estimate of drug-likeness (QED) is 0.574. The molecule has 0 bridgehead atoms. The number of nitrogens with zero attached hydrogens (tertiary/aromatic N) is 1. The second-order valence-corrected chi connectivity index (χ2v) is 7.92. The van der Waals surface area contributed by atoms with E-state index in [1.807, 2.05) is 12.1 Å². The van der Waals surface area contributed by atoms with Crippen molar-refractivity contribution in [3.8, 4) is 0 Å². The van der Waals surface area contributed by atoms with Crippen molar-refractivity contribution in [3.05, 3.63) is 70.2 Å². The van der Waals surface area contributed by atoms with Gasteiger partial charge in [-0.15, -0.1) is 0 Å². The summed E-state index contributed by atoms with van der Waals surface area (Å²) in [6, 6.07) is 17.3. The molecule has 24 heavy (non-hydrogen) atoms. The Kier molecular flexibility index (Phi) is 5.97. The molecule has 0 aromatic heterocycles. The summed E-state index contributed by atoms with van der Waals surface area (Å²) in [5.74, 6) is 1.39. The van der Waals surface area contributed by atoms with Gasteiger partial charge in [-0.2, -0.15) is 0 Å². The van der Waals surface area contributed by atoms with Crippen molar-refractivity contribution < 1.29 is 0 Å². The van der Waals surface area contributed by atoms with E-state index in [1.54, 1.807) is 0 Å². The number of hydrogen-bond acceptors (Lipinski definition) is 1. The van der Waals surface area contributed by atoms with Gasteiger partial charge < -0.3 is 0 Å². The molecule has 2 heteroatoms. The van der Waals surface area contributed by atoms with Gasteiger partial charge in [0.25, 0.3) is 0 Å². The molecule has 2 aromatic rings. The molecule has 1 aliphatic rings. The molecule has 1 nitrogen and oxygen atoms in total. The zero-order valence-corrected chi connectivity index (χ0v) is 15.6. The van der Waals surface area contributed by atoms with E-state index in [4.69, 9.17) is 11.6 Å². The van der Waals surface area contributed by atoms with Crippen molar-refractivity contribution in [2.24, 2.45) is 5.92 Å². The largest absolute Gasteiger partial charge is 0.295 e. The minimum absolute atomic E-state index is 0.633. The normalized spacial score (nSPS) is 15.7. The number of rotatable bonds is 7. The molecule has 0 radical (unpaired) electrons. The van der Waals surface area contributed by atoms with Crippen molar-refractivity contribution >= 4 is 11.6 Å². The molecule has 0 saturated heterocycles. The number of halogens is 1. The van der Waals surface area contributed by atoms with E-state index in [2.05, 4.69) is 55.1 Å². The predicted molar refractivity (Wildman–Crippen MR) is 103 cm³/mol. The van der Waals surface area contributed by atoms with Crippen LogP contribution in [0.1, 0.15) is 55.7 Å². The Morgan fingerprint density at radius 2 is 1.50 bits per heavy atom. The Morgan fingerprint density at radius 1 is 0.875 bits per heavy atom. The zero-order chi connectivity index (χ0) is 16.9. The van der Waals surface area contributed by atoms with Gasteiger partial charge in [0.1, 0.15) is 0 Å². The maximum Gasteiger partial charge on any atom is 0.0406 e. The molecular formula is C22H28ClN. The van der Waals surface area contributed by atoms with Gasteiger partial charge in [0.2, 0.25) is 0 Å². The highest BCUT2D eigenvalue weighted by molar-refractivity contribution is 6.30. The summed E-state index contributed by atoms with van der Waals surface area (Å²) < 4.78 is 0. The second-order valence-electron chi connectivity index (χ2n) is 7.49. The first-order chi connectivity index (χ1) is 11.6. The lowest BCUT2D eigenvalue weighted by Crippen LogP contribution is -2.20. The van der Waals surface area contributed by atoms with E-state index in [0.29, 0.717) is 5.92 Å². The van der Waals surface area contributed by atoms with Gasteiger partial charge in [-0.3, -0.25) is 4.90 Å². The Hall–Kier alpha value is -1.31. The lowest BCUT2D eigenvalue weighted by molar-refractivity contribution is 0.267. The molecule has 0 spiro atoms. The number of hydrogen-bond donors (Lipinski definition) is 0. The molecule has 128 valence electrons. The smallest absolute Gasteiger partial charge is 0.0406 e. The van der Waals surface area contributed by atoms with Crippen LogP contribution in [0.4, 0.5) is 0 Å². The van der Waals surface area contributed by atoms with Crippen LogP contribution in [0.3, 0.4) is 0 Å². The van der Waals surface area contributed by atoms with Crippen molar-refractivity contribution in [3.63, 3.8) is 0 Å². The third-order valence-corrected chi connectivity index (χ3v) is 5.39. The summed E-state index contributed by atoms with van der Waals surface area (Å²) in [6.45, 7) is 8.01. The third-order valence-electron chi connectivity index (χ3n) is 5.13. The lowest BCUT2D eigenvalue weighted by atomic mass is 9.88. The maximum atomic E-state index is 6.07. The van der Waals surface area contributed by atoms with Crippen molar-refractivity contribution in [1.82, 2.24) is 4.90 Å². The molecule has 0 saturated carbocycles. The fourth-order valence-electron chi connectivity index (χ4n) is 3.65. The first kappa shape index (κ1) is 17.5. The van der Waals surface area contributed by atoms with Crippen LogP contribution in [-0.4, -0.2) is 11.4 Å². The van der Waals surface area contributed by atoms with Crippen LogP contribution < -0.4 is 0 Å². The Bertz CT molecular complexity index is 622. The zero-order valence-electron chi connectivity index (χ0n) is 14.8. The van der Waals surface area contributed by atoms with Gasteiger partial charge in [0.05, 0.1) is 0 Å². The van der Waals surface area contributed by atoms with E-state index in [-0.39, 0.29) is 0 Å². The van der Waals surface area contributed by atoms with Gasteiger partial charge in [0, 0.05) is 18.1 Å². The summed E-state index contributed by atoms with van der Waals surface area (Å²) in [5.41, 5.74) is 4.45. The van der Waals surface area contributed by atoms with E-state index >= 15 is 0 Å². The number of fused-ring (bicyclic) bond motifs is 1. The van der Waals surface area contributed by atoms with Gasteiger partial charge >= 0.3 is 0 Å². The summed E-state index contributed by atoms with van der Waals surface area (Å²) >= 11 is 6.07.